The Hall–Kier alpha value is -3.03. The quantitative estimate of drug-likeness (QED) is 0.660. The van der Waals surface area contributed by atoms with Crippen molar-refractivity contribution in [3.05, 3.63) is 35.5 Å². The van der Waals surface area contributed by atoms with E-state index in [2.05, 4.69) is 25.5 Å². The van der Waals surface area contributed by atoms with E-state index in [1.54, 1.807) is 32.4 Å². The first kappa shape index (κ1) is 20.7. The Kier molecular flexibility index (Phi) is 7.10. The molecule has 0 bridgehead atoms. The molecule has 8 nitrogen and oxygen atoms in total. The van der Waals surface area contributed by atoms with Crippen LogP contribution < -0.4 is 25.0 Å². The van der Waals surface area contributed by atoms with Gasteiger partial charge in [0.1, 0.15) is 17.3 Å². The highest BCUT2D eigenvalue weighted by Crippen LogP contribution is 2.22. The average Bonchev–Trinajstić information content (AvgIpc) is 2.76. The van der Waals surface area contributed by atoms with Gasteiger partial charge in [-0.25, -0.2) is 4.98 Å². The molecule has 0 radical (unpaired) electrons. The van der Waals surface area contributed by atoms with E-state index >= 15 is 0 Å². The van der Waals surface area contributed by atoms with Gasteiger partial charge < -0.3 is 25.0 Å². The first-order valence-electron chi connectivity index (χ1n) is 9.95. The number of ether oxygens (including phenoxy) is 2. The summed E-state index contributed by atoms with van der Waals surface area (Å²) in [6, 6.07) is 7.11. The van der Waals surface area contributed by atoms with Crippen molar-refractivity contribution in [2.75, 3.05) is 50.6 Å². The number of anilines is 2. The Bertz CT molecular complexity index is 815. The van der Waals surface area contributed by atoms with E-state index in [0.29, 0.717) is 36.1 Å². The van der Waals surface area contributed by atoms with E-state index in [0.717, 1.165) is 24.6 Å². The maximum Gasteiger partial charge on any atom is 0.251 e. The van der Waals surface area contributed by atoms with Crippen molar-refractivity contribution in [3.8, 4) is 11.5 Å². The van der Waals surface area contributed by atoms with E-state index in [1.807, 2.05) is 13.0 Å². The van der Waals surface area contributed by atoms with Crippen LogP contribution in [-0.4, -0.2) is 56.3 Å². The monoisotopic (exact) mass is 399 g/mol. The van der Waals surface area contributed by atoms with Gasteiger partial charge in [0.15, 0.2) is 0 Å². The van der Waals surface area contributed by atoms with Crippen LogP contribution in [-0.2, 0) is 0 Å². The number of aromatic nitrogens is 2. The molecule has 1 aliphatic heterocycles. The zero-order valence-corrected chi connectivity index (χ0v) is 17.3. The zero-order valence-electron chi connectivity index (χ0n) is 17.3. The summed E-state index contributed by atoms with van der Waals surface area (Å²) < 4.78 is 10.4. The van der Waals surface area contributed by atoms with Crippen LogP contribution in [0.25, 0.3) is 0 Å². The number of benzene rings is 1. The second-order valence-corrected chi connectivity index (χ2v) is 7.02. The molecule has 2 aromatic rings. The molecule has 1 fully saturated rings. The van der Waals surface area contributed by atoms with Gasteiger partial charge in [0.05, 0.1) is 14.2 Å². The summed E-state index contributed by atoms with van der Waals surface area (Å²) in [4.78, 5) is 23.8. The SMILES string of the molecule is COc1cc(OC)cc(C(=O)NCCNc2nc(C)cc(N3CCCCC3)n2)c1. The van der Waals surface area contributed by atoms with Crippen molar-refractivity contribution in [3.63, 3.8) is 0 Å². The second kappa shape index (κ2) is 9.95. The van der Waals surface area contributed by atoms with Gasteiger partial charge in [-0.1, -0.05) is 0 Å². The number of aryl methyl sites for hydroxylation is 1. The molecule has 0 spiro atoms. The summed E-state index contributed by atoms with van der Waals surface area (Å²) in [7, 11) is 3.11. The Morgan fingerprint density at radius 2 is 1.69 bits per heavy atom. The third-order valence-electron chi connectivity index (χ3n) is 4.83. The lowest BCUT2D eigenvalue weighted by Crippen LogP contribution is -2.31. The summed E-state index contributed by atoms with van der Waals surface area (Å²) in [5, 5.41) is 6.09. The molecule has 1 aromatic carbocycles. The van der Waals surface area contributed by atoms with Crippen LogP contribution in [0.15, 0.2) is 24.3 Å². The first-order chi connectivity index (χ1) is 14.1. The topological polar surface area (TPSA) is 88.6 Å². The molecule has 1 saturated heterocycles. The van der Waals surface area contributed by atoms with Crippen LogP contribution >= 0.6 is 0 Å². The number of hydrogen-bond donors (Lipinski definition) is 2. The Balaban J connectivity index is 1.54. The van der Waals surface area contributed by atoms with Gasteiger partial charge in [-0.3, -0.25) is 4.79 Å². The van der Waals surface area contributed by atoms with Crippen LogP contribution in [0.3, 0.4) is 0 Å². The van der Waals surface area contributed by atoms with E-state index in [9.17, 15) is 4.79 Å². The summed E-state index contributed by atoms with van der Waals surface area (Å²) in [5.41, 5.74) is 1.41. The fraction of sp³-hybridized carbons (Fsp3) is 0.476. The normalized spacial score (nSPS) is 13.7. The number of carbonyl (C=O) groups excluding carboxylic acids is 1. The lowest BCUT2D eigenvalue weighted by atomic mass is 10.1. The van der Waals surface area contributed by atoms with E-state index in [-0.39, 0.29) is 5.91 Å². The number of amides is 1. The van der Waals surface area contributed by atoms with E-state index < -0.39 is 0 Å². The molecular weight excluding hydrogens is 370 g/mol. The Morgan fingerprint density at radius 3 is 2.34 bits per heavy atom. The third kappa shape index (κ3) is 5.73. The molecule has 2 heterocycles. The number of nitrogens with one attached hydrogen (secondary N) is 2. The van der Waals surface area contributed by atoms with Crippen molar-refractivity contribution in [2.45, 2.75) is 26.2 Å². The maximum atomic E-state index is 12.4. The van der Waals surface area contributed by atoms with Crippen LogP contribution in [0, 0.1) is 6.92 Å². The molecule has 1 aliphatic rings. The van der Waals surface area contributed by atoms with Gasteiger partial charge in [0.25, 0.3) is 5.91 Å². The third-order valence-corrected chi connectivity index (χ3v) is 4.83. The summed E-state index contributed by atoms with van der Waals surface area (Å²) in [6.45, 7) is 5.01. The van der Waals surface area contributed by atoms with Crippen molar-refractivity contribution in [1.29, 1.82) is 0 Å². The van der Waals surface area contributed by atoms with Crippen LogP contribution in [0.1, 0.15) is 35.3 Å². The molecule has 0 atom stereocenters. The molecule has 0 unspecified atom stereocenters. The summed E-state index contributed by atoms with van der Waals surface area (Å²) in [5.74, 6) is 2.51. The van der Waals surface area contributed by atoms with E-state index in [1.165, 1.54) is 19.3 Å². The van der Waals surface area contributed by atoms with Gasteiger partial charge in [-0.05, 0) is 38.3 Å². The minimum atomic E-state index is -0.192. The van der Waals surface area contributed by atoms with Crippen LogP contribution in [0.2, 0.25) is 0 Å². The van der Waals surface area contributed by atoms with Crippen LogP contribution in [0.5, 0.6) is 11.5 Å². The first-order valence-corrected chi connectivity index (χ1v) is 9.95. The molecule has 3 rings (SSSR count). The number of methoxy groups -OCH3 is 2. The van der Waals surface area contributed by atoms with Crippen molar-refractivity contribution < 1.29 is 14.3 Å². The molecule has 0 aliphatic carbocycles. The van der Waals surface area contributed by atoms with Gasteiger partial charge in [-0.2, -0.15) is 4.98 Å². The fourth-order valence-corrected chi connectivity index (χ4v) is 3.31. The smallest absolute Gasteiger partial charge is 0.251 e. The molecule has 156 valence electrons. The molecule has 29 heavy (non-hydrogen) atoms. The fourth-order valence-electron chi connectivity index (χ4n) is 3.31. The highest BCUT2D eigenvalue weighted by atomic mass is 16.5. The molecule has 0 saturated carbocycles. The average molecular weight is 399 g/mol. The number of nitrogens with zero attached hydrogens (tertiary/aromatic N) is 3. The molecule has 1 aromatic heterocycles. The van der Waals surface area contributed by atoms with Crippen molar-refractivity contribution in [1.82, 2.24) is 15.3 Å². The highest BCUT2D eigenvalue weighted by molar-refractivity contribution is 5.95. The molecular formula is C21H29N5O3. The van der Waals surface area contributed by atoms with Crippen molar-refractivity contribution >= 4 is 17.7 Å². The Labute approximate surface area is 171 Å². The maximum absolute atomic E-state index is 12.4. The van der Waals surface area contributed by atoms with Gasteiger partial charge >= 0.3 is 0 Å². The second-order valence-electron chi connectivity index (χ2n) is 7.02. The zero-order chi connectivity index (χ0) is 20.6. The lowest BCUT2D eigenvalue weighted by molar-refractivity contribution is 0.0954. The highest BCUT2D eigenvalue weighted by Gasteiger charge is 2.14. The Morgan fingerprint density at radius 1 is 1.00 bits per heavy atom. The predicted octanol–water partition coefficient (Wildman–Crippen LogP) is 2.63. The molecule has 2 N–H and O–H groups in total. The van der Waals surface area contributed by atoms with E-state index in [4.69, 9.17) is 9.47 Å². The lowest BCUT2D eigenvalue weighted by Gasteiger charge is -2.28. The molecule has 1 amide bonds. The number of carbonyl (C=O) groups is 1. The van der Waals surface area contributed by atoms with Gasteiger partial charge in [0.2, 0.25) is 5.95 Å². The summed E-state index contributed by atoms with van der Waals surface area (Å²) in [6.07, 6.45) is 3.68. The predicted molar refractivity (Wildman–Crippen MR) is 113 cm³/mol. The van der Waals surface area contributed by atoms with Gasteiger partial charge in [-0.15, -0.1) is 0 Å². The minimum absolute atomic E-state index is 0.192. The largest absolute Gasteiger partial charge is 0.497 e. The minimum Gasteiger partial charge on any atom is -0.497 e. The number of piperidine rings is 1. The number of rotatable bonds is 8. The van der Waals surface area contributed by atoms with Crippen molar-refractivity contribution in [2.24, 2.45) is 0 Å². The standard InChI is InChI=1S/C21H29N5O3/c1-15-11-19(26-9-5-4-6-10-26)25-21(24-15)23-8-7-22-20(27)16-12-17(28-2)14-18(13-16)29-3/h11-14H,4-10H2,1-3H3,(H,22,27)(H,23,24,25). The summed E-state index contributed by atoms with van der Waals surface area (Å²) >= 11 is 0. The van der Waals surface area contributed by atoms with Gasteiger partial charge in [0, 0.05) is 49.6 Å². The number of hydrogen-bond acceptors (Lipinski definition) is 7. The van der Waals surface area contributed by atoms with Crippen LogP contribution in [0.4, 0.5) is 11.8 Å². The molecule has 8 heteroatoms.